The van der Waals surface area contributed by atoms with Crippen molar-refractivity contribution in [3.63, 3.8) is 0 Å². The summed E-state index contributed by atoms with van der Waals surface area (Å²) in [6.45, 7) is 6.31. The number of carbonyl (C=O) groups is 1. The first-order chi connectivity index (χ1) is 12.0. The molecule has 1 amide bonds. The second kappa shape index (κ2) is 8.27. The van der Waals surface area contributed by atoms with Crippen molar-refractivity contribution in [1.29, 1.82) is 0 Å². The predicted molar refractivity (Wildman–Crippen MR) is 96.7 cm³/mol. The number of amides is 1. The van der Waals surface area contributed by atoms with E-state index in [-0.39, 0.29) is 11.9 Å². The Morgan fingerprint density at radius 1 is 1.36 bits per heavy atom. The molecule has 0 saturated carbocycles. The normalized spacial score (nSPS) is 25.8. The molecular weight excluding hydrogens is 342 g/mol. The van der Waals surface area contributed by atoms with Gasteiger partial charge in [-0.05, 0) is 44.0 Å². The Balaban J connectivity index is 1.56. The molecule has 2 saturated heterocycles. The van der Waals surface area contributed by atoms with Crippen LogP contribution in [-0.2, 0) is 16.0 Å². The van der Waals surface area contributed by atoms with Crippen LogP contribution in [0.4, 0.5) is 5.69 Å². The molecule has 1 aromatic carbocycles. The molecule has 0 bridgehead atoms. The summed E-state index contributed by atoms with van der Waals surface area (Å²) >= 11 is -2.11. The van der Waals surface area contributed by atoms with Crippen molar-refractivity contribution in [3.05, 3.63) is 29.8 Å². The van der Waals surface area contributed by atoms with Crippen LogP contribution < -0.4 is 4.72 Å². The van der Waals surface area contributed by atoms with E-state index >= 15 is 0 Å². The Hall–Kier alpha value is -1.48. The van der Waals surface area contributed by atoms with Crippen LogP contribution in [0.1, 0.15) is 30.1 Å². The number of carbonyl (C=O) groups excluding carboxylic acids is 1. The van der Waals surface area contributed by atoms with E-state index in [1.54, 1.807) is 24.3 Å². The Labute approximate surface area is 150 Å². The minimum Gasteiger partial charge on any atom is -0.377 e. The Kier molecular flexibility index (Phi) is 6.06. The van der Waals surface area contributed by atoms with E-state index in [1.807, 2.05) is 4.90 Å². The molecule has 0 spiro atoms. The van der Waals surface area contributed by atoms with E-state index in [0.29, 0.717) is 23.9 Å². The number of nitrogens with one attached hydrogen (secondary N) is 1. The molecule has 3 rings (SSSR count). The van der Waals surface area contributed by atoms with Crippen LogP contribution in [0.25, 0.3) is 0 Å². The summed E-state index contributed by atoms with van der Waals surface area (Å²) in [5.74, 6) is 0.000868. The topological polar surface area (TPSA) is 82.1 Å². The lowest BCUT2D eigenvalue weighted by atomic mass is 10.1. The van der Waals surface area contributed by atoms with Crippen LogP contribution in [0.5, 0.6) is 0 Å². The number of hydrogen-bond donors (Lipinski definition) is 2. The zero-order valence-corrected chi connectivity index (χ0v) is 15.2. The number of ether oxygens (including phenoxy) is 1. The van der Waals surface area contributed by atoms with Gasteiger partial charge in [0.25, 0.3) is 17.2 Å². The Bertz CT molecular complexity index is 619. The second-order valence-electron chi connectivity index (χ2n) is 6.67. The summed E-state index contributed by atoms with van der Waals surface area (Å²) < 4.78 is 27.7. The third-order valence-corrected chi connectivity index (χ3v) is 5.21. The predicted octanol–water partition coefficient (Wildman–Crippen LogP) is 1.56. The Morgan fingerprint density at radius 3 is 2.72 bits per heavy atom. The van der Waals surface area contributed by atoms with Gasteiger partial charge in [-0.3, -0.25) is 19.0 Å². The molecule has 0 aromatic heterocycles. The van der Waals surface area contributed by atoms with Gasteiger partial charge in [-0.2, -0.15) is 0 Å². The molecule has 0 radical (unpaired) electrons. The van der Waals surface area contributed by atoms with Crippen molar-refractivity contribution in [2.24, 2.45) is 0 Å². The summed E-state index contributed by atoms with van der Waals surface area (Å²) in [5, 5.41) is 0. The average molecular weight is 367 g/mol. The standard InChI is InChI=1S/C17H25N3O4S/c1-13-11-19(12-16-3-2-10-24-16)8-9-20(13)17(21)14-4-6-15(7-5-14)18-25(22)23/h4-7,13,16,18H,2-3,8-12H2,1H3,(H,22,23)/t13-,16+/m1/s1. The average Bonchev–Trinajstić information content (AvgIpc) is 3.07. The maximum Gasteiger partial charge on any atom is 0.259 e. The van der Waals surface area contributed by atoms with E-state index in [0.717, 1.165) is 39.1 Å². The number of piperazine rings is 1. The number of hydrogen-bond acceptors (Lipinski definition) is 4. The summed E-state index contributed by atoms with van der Waals surface area (Å²) in [6, 6.07) is 6.79. The van der Waals surface area contributed by atoms with Crippen LogP contribution >= 0.6 is 0 Å². The molecule has 25 heavy (non-hydrogen) atoms. The summed E-state index contributed by atoms with van der Waals surface area (Å²) in [6.07, 6.45) is 2.62. The third kappa shape index (κ3) is 4.78. The van der Waals surface area contributed by atoms with Crippen LogP contribution in [0.15, 0.2) is 24.3 Å². The second-order valence-corrected chi connectivity index (χ2v) is 7.37. The highest BCUT2D eigenvalue weighted by Crippen LogP contribution is 2.19. The molecule has 138 valence electrons. The van der Waals surface area contributed by atoms with Gasteiger partial charge in [0.15, 0.2) is 0 Å². The fraction of sp³-hybridized carbons (Fsp3) is 0.588. The van der Waals surface area contributed by atoms with Crippen molar-refractivity contribution >= 4 is 22.9 Å². The van der Waals surface area contributed by atoms with Gasteiger partial charge in [0.2, 0.25) is 0 Å². The molecule has 2 fully saturated rings. The minimum absolute atomic E-state index is 0.000868. The smallest absolute Gasteiger partial charge is 0.259 e. The van der Waals surface area contributed by atoms with E-state index < -0.39 is 11.3 Å². The van der Waals surface area contributed by atoms with Gasteiger partial charge in [0.1, 0.15) is 0 Å². The molecule has 2 N–H and O–H groups in total. The van der Waals surface area contributed by atoms with Crippen molar-refractivity contribution < 1.29 is 18.3 Å². The fourth-order valence-electron chi connectivity index (χ4n) is 3.52. The molecule has 3 atom stereocenters. The lowest BCUT2D eigenvalue weighted by Crippen LogP contribution is -2.55. The highest BCUT2D eigenvalue weighted by molar-refractivity contribution is 7.80. The molecular formula is C17H25N3O4S. The molecule has 2 heterocycles. The van der Waals surface area contributed by atoms with Crippen molar-refractivity contribution in [2.75, 3.05) is 37.5 Å². The first-order valence-corrected chi connectivity index (χ1v) is 9.76. The van der Waals surface area contributed by atoms with Gasteiger partial charge in [-0.15, -0.1) is 0 Å². The molecule has 0 aliphatic carbocycles. The lowest BCUT2D eigenvalue weighted by Gasteiger charge is -2.40. The van der Waals surface area contributed by atoms with Crippen LogP contribution in [0.2, 0.25) is 0 Å². The maximum atomic E-state index is 12.7. The highest BCUT2D eigenvalue weighted by atomic mass is 32.2. The number of rotatable bonds is 5. The van der Waals surface area contributed by atoms with Gasteiger partial charge < -0.3 is 9.64 Å². The first-order valence-electron chi connectivity index (χ1n) is 8.65. The number of benzene rings is 1. The third-order valence-electron chi connectivity index (χ3n) is 4.80. The van der Waals surface area contributed by atoms with Crippen LogP contribution in [0.3, 0.4) is 0 Å². The van der Waals surface area contributed by atoms with Gasteiger partial charge in [0.05, 0.1) is 6.10 Å². The summed E-state index contributed by atoms with van der Waals surface area (Å²) in [7, 11) is 0. The lowest BCUT2D eigenvalue weighted by molar-refractivity contribution is 0.0279. The molecule has 8 heteroatoms. The zero-order valence-electron chi connectivity index (χ0n) is 14.4. The fourth-order valence-corrected chi connectivity index (χ4v) is 3.86. The maximum absolute atomic E-state index is 12.7. The van der Waals surface area contributed by atoms with Crippen molar-refractivity contribution in [2.45, 2.75) is 31.9 Å². The van der Waals surface area contributed by atoms with Gasteiger partial charge in [0, 0.05) is 50.1 Å². The monoisotopic (exact) mass is 367 g/mol. The van der Waals surface area contributed by atoms with E-state index in [4.69, 9.17) is 9.29 Å². The first kappa shape index (κ1) is 18.3. The number of nitrogens with zero attached hydrogens (tertiary/aromatic N) is 2. The van der Waals surface area contributed by atoms with E-state index in [2.05, 4.69) is 16.5 Å². The largest absolute Gasteiger partial charge is 0.377 e. The van der Waals surface area contributed by atoms with Gasteiger partial charge in [-0.25, -0.2) is 4.21 Å². The van der Waals surface area contributed by atoms with Crippen molar-refractivity contribution in [1.82, 2.24) is 9.80 Å². The summed E-state index contributed by atoms with van der Waals surface area (Å²) in [4.78, 5) is 17.0. The van der Waals surface area contributed by atoms with E-state index in [1.165, 1.54) is 0 Å². The summed E-state index contributed by atoms with van der Waals surface area (Å²) in [5.41, 5.74) is 1.10. The molecule has 7 nitrogen and oxygen atoms in total. The highest BCUT2D eigenvalue weighted by Gasteiger charge is 2.30. The number of anilines is 1. The quantitative estimate of drug-likeness (QED) is 0.772. The zero-order chi connectivity index (χ0) is 17.8. The molecule has 2 aliphatic rings. The van der Waals surface area contributed by atoms with Crippen molar-refractivity contribution in [3.8, 4) is 0 Å². The molecule has 1 aromatic rings. The SMILES string of the molecule is C[C@@H]1CN(C[C@@H]2CCCO2)CCN1C(=O)c1ccc(NS(=O)O)cc1. The van der Waals surface area contributed by atoms with Gasteiger partial charge >= 0.3 is 0 Å². The van der Waals surface area contributed by atoms with Crippen LogP contribution in [-0.4, -0.2) is 69.4 Å². The minimum atomic E-state index is -2.11. The Morgan fingerprint density at radius 2 is 2.12 bits per heavy atom. The van der Waals surface area contributed by atoms with Crippen LogP contribution in [0, 0.1) is 0 Å². The van der Waals surface area contributed by atoms with Gasteiger partial charge in [-0.1, -0.05) is 0 Å². The molecule has 2 aliphatic heterocycles. The van der Waals surface area contributed by atoms with E-state index in [9.17, 15) is 9.00 Å². The molecule has 1 unspecified atom stereocenters.